The summed E-state index contributed by atoms with van der Waals surface area (Å²) in [6.07, 6.45) is -3.27. The number of alkyl halides is 3. The second-order valence-electron chi connectivity index (χ2n) is 5.16. The van der Waals surface area contributed by atoms with Crippen LogP contribution in [0.1, 0.15) is 16.7 Å². The first kappa shape index (κ1) is 17.7. The van der Waals surface area contributed by atoms with Gasteiger partial charge >= 0.3 is 6.18 Å². The van der Waals surface area contributed by atoms with E-state index in [0.29, 0.717) is 5.56 Å². The molecule has 0 aromatic heterocycles. The maximum absolute atomic E-state index is 13.4. The van der Waals surface area contributed by atoms with E-state index in [2.05, 4.69) is 5.32 Å². The quantitative estimate of drug-likeness (QED) is 0.654. The number of halogens is 4. The highest BCUT2D eigenvalue weighted by Crippen LogP contribution is 2.30. The van der Waals surface area contributed by atoms with E-state index < -0.39 is 23.3 Å². The summed E-state index contributed by atoms with van der Waals surface area (Å²) in [7, 11) is 1.58. The van der Waals surface area contributed by atoms with Crippen molar-refractivity contribution in [3.63, 3.8) is 0 Å². The van der Waals surface area contributed by atoms with Crippen LogP contribution in [0.3, 0.4) is 0 Å². The molecule has 0 unspecified atom stereocenters. The molecule has 126 valence electrons. The van der Waals surface area contributed by atoms with Crippen molar-refractivity contribution in [3.05, 3.63) is 77.2 Å². The van der Waals surface area contributed by atoms with Crippen LogP contribution in [0.25, 0.3) is 5.57 Å². The average Bonchev–Trinajstić information content (AvgIpc) is 2.52. The zero-order valence-corrected chi connectivity index (χ0v) is 12.8. The summed E-state index contributed by atoms with van der Waals surface area (Å²) in [4.78, 5) is 12.5. The molecule has 0 atom stereocenters. The average molecular weight is 337 g/mol. The highest BCUT2D eigenvalue weighted by Gasteiger charge is 2.30. The molecular formula is C18H15F4NO. The lowest BCUT2D eigenvalue weighted by atomic mass is 9.97. The van der Waals surface area contributed by atoms with Gasteiger partial charge in [0.1, 0.15) is 5.82 Å². The number of ketones is 1. The van der Waals surface area contributed by atoms with Crippen LogP contribution in [0.2, 0.25) is 0 Å². The number of carbonyl (C=O) groups excluding carboxylic acids is 1. The first-order valence-corrected chi connectivity index (χ1v) is 7.14. The summed E-state index contributed by atoms with van der Waals surface area (Å²) < 4.78 is 51.6. The highest BCUT2D eigenvalue weighted by atomic mass is 19.4. The van der Waals surface area contributed by atoms with Crippen molar-refractivity contribution < 1.29 is 22.4 Å². The molecule has 0 aliphatic carbocycles. The Bertz CT molecular complexity index is 766. The third-order valence-electron chi connectivity index (χ3n) is 3.34. The number of Topliss-reactive ketones (excluding diaryl/α,β-unsaturated/α-hetero) is 1. The van der Waals surface area contributed by atoms with Crippen LogP contribution in [0.5, 0.6) is 0 Å². The third kappa shape index (κ3) is 4.44. The maximum Gasteiger partial charge on any atom is 0.416 e. The van der Waals surface area contributed by atoms with Crippen molar-refractivity contribution in [2.75, 3.05) is 7.05 Å². The lowest BCUT2D eigenvalue weighted by molar-refractivity contribution is -0.137. The first-order chi connectivity index (χ1) is 11.3. The van der Waals surface area contributed by atoms with Crippen LogP contribution in [0, 0.1) is 5.82 Å². The normalized spacial score (nSPS) is 12.1. The molecule has 6 heteroatoms. The maximum atomic E-state index is 13.4. The van der Waals surface area contributed by atoms with E-state index in [0.717, 1.165) is 12.1 Å². The number of nitrogens with one attached hydrogen (secondary N) is 1. The van der Waals surface area contributed by atoms with Gasteiger partial charge in [0, 0.05) is 25.2 Å². The van der Waals surface area contributed by atoms with E-state index >= 15 is 0 Å². The molecule has 2 nitrogen and oxygen atoms in total. The molecule has 0 aliphatic heterocycles. The molecule has 0 saturated carbocycles. The molecule has 24 heavy (non-hydrogen) atoms. The molecule has 0 fully saturated rings. The number of hydrogen-bond donors (Lipinski definition) is 1. The summed E-state index contributed by atoms with van der Waals surface area (Å²) in [5, 5.41) is 2.70. The fourth-order valence-electron chi connectivity index (χ4n) is 2.26. The Balaban J connectivity index is 2.28. The van der Waals surface area contributed by atoms with Crippen LogP contribution >= 0.6 is 0 Å². The molecule has 0 bridgehead atoms. The molecule has 0 radical (unpaired) electrons. The second kappa shape index (κ2) is 7.29. The fourth-order valence-corrected chi connectivity index (χ4v) is 2.26. The molecule has 0 aliphatic rings. The van der Waals surface area contributed by atoms with Gasteiger partial charge < -0.3 is 5.32 Å². The largest absolute Gasteiger partial charge is 0.416 e. The highest BCUT2D eigenvalue weighted by molar-refractivity contribution is 6.21. The zero-order valence-electron chi connectivity index (χ0n) is 12.8. The standard InChI is InChI=1S/C18H15F4NO/c1-23-11-16(13-5-3-7-15(19)10-13)17(24)9-12-4-2-6-14(8-12)18(20,21)22/h2-8,10-11,23H,9H2,1H3. The summed E-state index contributed by atoms with van der Waals surface area (Å²) in [6, 6.07) is 10.1. The van der Waals surface area contributed by atoms with Gasteiger partial charge in [-0.3, -0.25) is 4.79 Å². The van der Waals surface area contributed by atoms with Crippen LogP contribution in [0.4, 0.5) is 17.6 Å². The van der Waals surface area contributed by atoms with Crippen LogP contribution in [0.15, 0.2) is 54.7 Å². The molecule has 0 amide bonds. The van der Waals surface area contributed by atoms with Crippen molar-refractivity contribution in [3.8, 4) is 0 Å². The first-order valence-electron chi connectivity index (χ1n) is 7.14. The van der Waals surface area contributed by atoms with Crippen molar-refractivity contribution in [2.45, 2.75) is 12.6 Å². The molecule has 2 aromatic carbocycles. The Kier molecular flexibility index (Phi) is 5.39. The Morgan fingerprint density at radius 3 is 2.46 bits per heavy atom. The van der Waals surface area contributed by atoms with Gasteiger partial charge in [0.05, 0.1) is 5.56 Å². The lowest BCUT2D eigenvalue weighted by Crippen LogP contribution is -2.11. The Hall–Kier alpha value is -2.63. The molecule has 0 heterocycles. The molecular weight excluding hydrogens is 322 g/mol. The van der Waals surface area contributed by atoms with Crippen LogP contribution < -0.4 is 5.32 Å². The summed E-state index contributed by atoms with van der Waals surface area (Å²) in [6.45, 7) is 0. The van der Waals surface area contributed by atoms with E-state index in [-0.39, 0.29) is 17.6 Å². The van der Waals surface area contributed by atoms with Gasteiger partial charge in [0.15, 0.2) is 5.78 Å². The van der Waals surface area contributed by atoms with Crippen LogP contribution in [-0.4, -0.2) is 12.8 Å². The lowest BCUT2D eigenvalue weighted by Gasteiger charge is -2.10. The topological polar surface area (TPSA) is 29.1 Å². The Morgan fingerprint density at radius 1 is 1.12 bits per heavy atom. The van der Waals surface area contributed by atoms with E-state index in [4.69, 9.17) is 0 Å². The van der Waals surface area contributed by atoms with Gasteiger partial charge in [-0.2, -0.15) is 13.2 Å². The predicted molar refractivity (Wildman–Crippen MR) is 83.6 cm³/mol. The van der Waals surface area contributed by atoms with E-state index in [1.165, 1.54) is 36.5 Å². The number of benzene rings is 2. The van der Waals surface area contributed by atoms with Crippen LogP contribution in [-0.2, 0) is 17.4 Å². The molecule has 0 saturated heterocycles. The molecule has 1 N–H and O–H groups in total. The van der Waals surface area contributed by atoms with Crippen molar-refractivity contribution in [1.29, 1.82) is 0 Å². The number of allylic oxidation sites excluding steroid dienone is 1. The minimum absolute atomic E-state index is 0.203. The number of carbonyl (C=O) groups is 1. The van der Waals surface area contributed by atoms with E-state index in [1.54, 1.807) is 13.1 Å². The minimum Gasteiger partial charge on any atom is -0.393 e. The monoisotopic (exact) mass is 337 g/mol. The molecule has 0 spiro atoms. The third-order valence-corrected chi connectivity index (χ3v) is 3.34. The van der Waals surface area contributed by atoms with Crippen molar-refractivity contribution in [2.24, 2.45) is 0 Å². The van der Waals surface area contributed by atoms with E-state index in [1.807, 2.05) is 0 Å². The van der Waals surface area contributed by atoms with Gasteiger partial charge in [-0.15, -0.1) is 0 Å². The van der Waals surface area contributed by atoms with Crippen molar-refractivity contribution >= 4 is 11.4 Å². The SMILES string of the molecule is CNC=C(C(=O)Cc1cccc(C(F)(F)F)c1)c1cccc(F)c1. The molecule has 2 aromatic rings. The summed E-state index contributed by atoms with van der Waals surface area (Å²) in [5.41, 5.74) is 0.00155. The van der Waals surface area contributed by atoms with Gasteiger partial charge in [-0.1, -0.05) is 30.3 Å². The second-order valence-corrected chi connectivity index (χ2v) is 5.16. The fraction of sp³-hybridized carbons (Fsp3) is 0.167. The van der Waals surface area contributed by atoms with Crippen molar-refractivity contribution in [1.82, 2.24) is 5.32 Å². The predicted octanol–water partition coefficient (Wildman–Crippen LogP) is 4.22. The number of rotatable bonds is 5. The van der Waals surface area contributed by atoms with Gasteiger partial charge in [-0.05, 0) is 29.3 Å². The summed E-state index contributed by atoms with van der Waals surface area (Å²) >= 11 is 0. The number of hydrogen-bond acceptors (Lipinski definition) is 2. The van der Waals surface area contributed by atoms with Gasteiger partial charge in [0.25, 0.3) is 0 Å². The zero-order chi connectivity index (χ0) is 17.7. The van der Waals surface area contributed by atoms with E-state index in [9.17, 15) is 22.4 Å². The smallest absolute Gasteiger partial charge is 0.393 e. The Morgan fingerprint density at radius 2 is 1.83 bits per heavy atom. The molecule has 2 rings (SSSR count). The summed E-state index contributed by atoms with van der Waals surface area (Å²) in [5.74, 6) is -0.907. The minimum atomic E-state index is -4.47. The van der Waals surface area contributed by atoms with Gasteiger partial charge in [-0.25, -0.2) is 4.39 Å². The van der Waals surface area contributed by atoms with Gasteiger partial charge in [0.2, 0.25) is 0 Å². The Labute approximate surface area is 136 Å².